The van der Waals surface area contributed by atoms with Crippen LogP contribution in [0.2, 0.25) is 0 Å². The fraction of sp³-hybridized carbons (Fsp3) is 0.600. The highest BCUT2D eigenvalue weighted by Crippen LogP contribution is 2.08. The van der Waals surface area contributed by atoms with E-state index in [9.17, 15) is 4.79 Å². The van der Waals surface area contributed by atoms with Crippen LogP contribution in [0.4, 0.5) is 5.69 Å². The first-order chi connectivity index (χ1) is 9.79. The number of pyridine rings is 1. The summed E-state index contributed by atoms with van der Waals surface area (Å²) in [5, 5.41) is 6.12. The molecule has 1 saturated heterocycles. The molecule has 2 heterocycles. The summed E-state index contributed by atoms with van der Waals surface area (Å²) in [5.74, 6) is -0.0915. The van der Waals surface area contributed by atoms with Crippen molar-refractivity contribution in [1.82, 2.24) is 15.2 Å². The van der Waals surface area contributed by atoms with Gasteiger partial charge in [-0.3, -0.25) is 9.78 Å². The maximum absolute atomic E-state index is 12.0. The minimum atomic E-state index is -0.0915. The van der Waals surface area contributed by atoms with E-state index in [0.717, 1.165) is 25.2 Å². The second-order valence-corrected chi connectivity index (χ2v) is 5.12. The molecule has 0 saturated carbocycles. The quantitative estimate of drug-likeness (QED) is 0.745. The second-order valence-electron chi connectivity index (χ2n) is 5.12. The molecule has 0 aromatic carbocycles. The van der Waals surface area contributed by atoms with Crippen LogP contribution in [0, 0.1) is 0 Å². The van der Waals surface area contributed by atoms with E-state index >= 15 is 0 Å². The number of amides is 1. The summed E-state index contributed by atoms with van der Waals surface area (Å²) in [6.07, 6.45) is 5.29. The Bertz CT molecular complexity index is 430. The average molecular weight is 276 g/mol. The van der Waals surface area contributed by atoms with Crippen molar-refractivity contribution in [3.05, 3.63) is 24.0 Å². The van der Waals surface area contributed by atoms with E-state index in [2.05, 4.69) is 20.5 Å². The molecular formula is C15H24N4O. The zero-order chi connectivity index (χ0) is 14.2. The van der Waals surface area contributed by atoms with Crippen molar-refractivity contribution in [2.45, 2.75) is 26.2 Å². The van der Waals surface area contributed by atoms with Crippen LogP contribution < -0.4 is 10.6 Å². The first-order valence-corrected chi connectivity index (χ1v) is 7.50. The molecule has 0 radical (unpaired) electrons. The Hall–Kier alpha value is -1.62. The molecule has 0 aliphatic carbocycles. The Morgan fingerprint density at radius 3 is 2.95 bits per heavy atom. The predicted octanol–water partition coefficient (Wildman–Crippen LogP) is 1.73. The van der Waals surface area contributed by atoms with Crippen molar-refractivity contribution in [3.63, 3.8) is 0 Å². The summed E-state index contributed by atoms with van der Waals surface area (Å²) in [5.41, 5.74) is 1.41. The van der Waals surface area contributed by atoms with Crippen LogP contribution in [-0.2, 0) is 0 Å². The summed E-state index contributed by atoms with van der Waals surface area (Å²) in [6, 6.07) is 3.66. The third kappa shape index (κ3) is 4.49. The lowest BCUT2D eigenvalue weighted by molar-refractivity contribution is 0.0947. The van der Waals surface area contributed by atoms with Gasteiger partial charge in [0.25, 0.3) is 5.91 Å². The fourth-order valence-corrected chi connectivity index (χ4v) is 2.47. The number of carbonyl (C=O) groups is 1. The first kappa shape index (κ1) is 14.8. The molecule has 0 unspecified atom stereocenters. The number of nitrogens with zero attached hydrogens (tertiary/aromatic N) is 2. The van der Waals surface area contributed by atoms with E-state index in [1.54, 1.807) is 12.3 Å². The van der Waals surface area contributed by atoms with Gasteiger partial charge in [-0.25, -0.2) is 0 Å². The zero-order valence-electron chi connectivity index (χ0n) is 12.2. The number of hydrogen-bond acceptors (Lipinski definition) is 4. The van der Waals surface area contributed by atoms with Gasteiger partial charge in [0, 0.05) is 25.0 Å². The molecule has 1 fully saturated rings. The lowest BCUT2D eigenvalue weighted by Gasteiger charge is -2.14. The smallest absolute Gasteiger partial charge is 0.269 e. The summed E-state index contributed by atoms with van der Waals surface area (Å²) >= 11 is 0. The molecular weight excluding hydrogens is 252 g/mol. The first-order valence-electron chi connectivity index (χ1n) is 7.50. The molecule has 0 bridgehead atoms. The Morgan fingerprint density at radius 2 is 2.20 bits per heavy atom. The molecule has 1 amide bonds. The van der Waals surface area contributed by atoms with Crippen molar-refractivity contribution in [2.75, 3.05) is 38.0 Å². The van der Waals surface area contributed by atoms with E-state index in [4.69, 9.17) is 0 Å². The van der Waals surface area contributed by atoms with Crippen LogP contribution in [-0.4, -0.2) is 48.5 Å². The van der Waals surface area contributed by atoms with Crippen LogP contribution in [0.25, 0.3) is 0 Å². The normalized spacial score (nSPS) is 15.2. The van der Waals surface area contributed by atoms with Crippen LogP contribution in [0.1, 0.15) is 36.7 Å². The van der Waals surface area contributed by atoms with Crippen molar-refractivity contribution < 1.29 is 4.79 Å². The summed E-state index contributed by atoms with van der Waals surface area (Å²) in [6.45, 7) is 7.06. The van der Waals surface area contributed by atoms with Crippen molar-refractivity contribution in [3.8, 4) is 0 Å². The van der Waals surface area contributed by atoms with Crippen LogP contribution >= 0.6 is 0 Å². The van der Waals surface area contributed by atoms with E-state index in [0.29, 0.717) is 12.2 Å². The topological polar surface area (TPSA) is 57.3 Å². The van der Waals surface area contributed by atoms with Gasteiger partial charge in [-0.2, -0.15) is 0 Å². The van der Waals surface area contributed by atoms with Gasteiger partial charge in [0.2, 0.25) is 0 Å². The molecule has 2 rings (SSSR count). The number of aromatic nitrogens is 1. The maximum atomic E-state index is 12.0. The van der Waals surface area contributed by atoms with E-state index in [-0.39, 0.29) is 5.91 Å². The third-order valence-corrected chi connectivity index (χ3v) is 3.51. The van der Waals surface area contributed by atoms with Gasteiger partial charge in [0.1, 0.15) is 5.69 Å². The van der Waals surface area contributed by atoms with Crippen molar-refractivity contribution in [2.24, 2.45) is 0 Å². The lowest BCUT2D eigenvalue weighted by Crippen LogP contribution is -2.29. The molecule has 1 aromatic rings. The van der Waals surface area contributed by atoms with E-state index in [1.807, 2.05) is 13.0 Å². The molecule has 1 aliphatic heterocycles. The Balaban J connectivity index is 1.72. The second kappa shape index (κ2) is 7.85. The molecule has 5 nitrogen and oxygen atoms in total. The van der Waals surface area contributed by atoms with Crippen molar-refractivity contribution in [1.29, 1.82) is 0 Å². The number of rotatable bonds is 7. The molecule has 1 aromatic heterocycles. The fourth-order valence-electron chi connectivity index (χ4n) is 2.47. The highest BCUT2D eigenvalue weighted by Gasteiger charge is 2.11. The van der Waals surface area contributed by atoms with Crippen LogP contribution in [0.15, 0.2) is 18.3 Å². The average Bonchev–Trinajstić information content (AvgIpc) is 2.97. The van der Waals surface area contributed by atoms with Gasteiger partial charge in [0.05, 0.1) is 0 Å². The largest absolute Gasteiger partial charge is 0.385 e. The SMILES string of the molecule is CCNc1ccnc(C(=O)NCCCN2CCCC2)c1. The van der Waals surface area contributed by atoms with Crippen molar-refractivity contribution >= 4 is 11.6 Å². The number of carbonyl (C=O) groups excluding carboxylic acids is 1. The Morgan fingerprint density at radius 1 is 1.40 bits per heavy atom. The molecule has 20 heavy (non-hydrogen) atoms. The van der Waals surface area contributed by atoms with Gasteiger partial charge in [-0.05, 0) is 58.0 Å². The van der Waals surface area contributed by atoms with Gasteiger partial charge >= 0.3 is 0 Å². The number of anilines is 1. The third-order valence-electron chi connectivity index (χ3n) is 3.51. The monoisotopic (exact) mass is 276 g/mol. The van der Waals surface area contributed by atoms with Gasteiger partial charge in [-0.15, -0.1) is 0 Å². The summed E-state index contributed by atoms with van der Waals surface area (Å²) in [4.78, 5) is 18.6. The number of likely N-dealkylation sites (tertiary alicyclic amines) is 1. The molecule has 0 atom stereocenters. The lowest BCUT2D eigenvalue weighted by atomic mass is 10.3. The number of nitrogens with one attached hydrogen (secondary N) is 2. The van der Waals surface area contributed by atoms with Gasteiger partial charge in [0.15, 0.2) is 0 Å². The zero-order valence-corrected chi connectivity index (χ0v) is 12.2. The summed E-state index contributed by atoms with van der Waals surface area (Å²) in [7, 11) is 0. The predicted molar refractivity (Wildman–Crippen MR) is 81.0 cm³/mol. The molecule has 0 spiro atoms. The minimum absolute atomic E-state index is 0.0915. The van der Waals surface area contributed by atoms with E-state index in [1.165, 1.54) is 25.9 Å². The molecule has 110 valence electrons. The Labute approximate surface area is 120 Å². The van der Waals surface area contributed by atoms with Gasteiger partial charge < -0.3 is 15.5 Å². The highest BCUT2D eigenvalue weighted by atomic mass is 16.1. The molecule has 5 heteroatoms. The maximum Gasteiger partial charge on any atom is 0.269 e. The molecule has 1 aliphatic rings. The van der Waals surface area contributed by atoms with Gasteiger partial charge in [-0.1, -0.05) is 0 Å². The molecule has 2 N–H and O–H groups in total. The number of hydrogen-bond donors (Lipinski definition) is 2. The Kier molecular flexibility index (Phi) is 5.80. The van der Waals surface area contributed by atoms with E-state index < -0.39 is 0 Å². The van der Waals surface area contributed by atoms with Crippen LogP contribution in [0.3, 0.4) is 0 Å². The summed E-state index contributed by atoms with van der Waals surface area (Å²) < 4.78 is 0. The standard InChI is InChI=1S/C15H24N4O/c1-2-16-13-6-8-17-14(12-13)15(20)18-7-5-11-19-9-3-4-10-19/h6,8,12H,2-5,7,9-11H2,1H3,(H,16,17)(H,18,20). The van der Waals surface area contributed by atoms with Crippen LogP contribution in [0.5, 0.6) is 0 Å². The highest BCUT2D eigenvalue weighted by molar-refractivity contribution is 5.93. The minimum Gasteiger partial charge on any atom is -0.385 e.